The highest BCUT2D eigenvalue weighted by molar-refractivity contribution is 7.98. The zero-order chi connectivity index (χ0) is 26.6. The monoisotopic (exact) mass is 525 g/mol. The van der Waals surface area contributed by atoms with Crippen LogP contribution in [0.4, 0.5) is 23.7 Å². The molecule has 4 rings (SSSR count). The molecule has 0 bridgehead atoms. The van der Waals surface area contributed by atoms with Crippen molar-refractivity contribution in [3.63, 3.8) is 0 Å². The average Bonchev–Trinajstić information content (AvgIpc) is 3.28. The molecule has 0 radical (unpaired) electrons. The lowest BCUT2D eigenvalue weighted by atomic mass is 10.1. The van der Waals surface area contributed by atoms with E-state index in [2.05, 4.69) is 39.9 Å². The molecule has 0 saturated heterocycles. The van der Waals surface area contributed by atoms with Gasteiger partial charge in [0.25, 0.3) is 0 Å². The maximum Gasteiger partial charge on any atom is 0.416 e. The molecule has 192 valence electrons. The van der Waals surface area contributed by atoms with Crippen LogP contribution in [0.5, 0.6) is 0 Å². The second-order valence-electron chi connectivity index (χ2n) is 8.62. The number of thioether (sulfide) groups is 1. The van der Waals surface area contributed by atoms with Gasteiger partial charge in [0.1, 0.15) is 0 Å². The number of anilines is 1. The number of alkyl halides is 3. The summed E-state index contributed by atoms with van der Waals surface area (Å²) >= 11 is 1.55. The summed E-state index contributed by atoms with van der Waals surface area (Å²) in [5.41, 5.74) is 3.80. The quantitative estimate of drug-likeness (QED) is 0.253. The molecule has 6 nitrogen and oxygen atoms in total. The van der Waals surface area contributed by atoms with E-state index < -0.39 is 23.8 Å². The number of nitrogens with zero attached hydrogens (tertiary/aromatic N) is 3. The molecule has 2 amide bonds. The topological polar surface area (TPSA) is 71.8 Å². The van der Waals surface area contributed by atoms with E-state index in [-0.39, 0.29) is 5.69 Å². The first-order valence-corrected chi connectivity index (χ1v) is 12.5. The average molecular weight is 526 g/mol. The molecule has 0 aliphatic heterocycles. The van der Waals surface area contributed by atoms with Crippen LogP contribution in [0.2, 0.25) is 0 Å². The van der Waals surface area contributed by atoms with Crippen molar-refractivity contribution >= 4 is 23.5 Å². The Morgan fingerprint density at radius 1 is 0.973 bits per heavy atom. The number of carbonyl (C=O) groups excluding carboxylic acids is 1. The Labute approximate surface area is 217 Å². The van der Waals surface area contributed by atoms with Crippen LogP contribution >= 0.6 is 11.8 Å². The fraction of sp³-hybridized carbons (Fsp3) is 0.222. The molecule has 0 saturated carbocycles. The molecule has 0 spiro atoms. The fourth-order valence-electron chi connectivity index (χ4n) is 3.68. The van der Waals surface area contributed by atoms with E-state index in [1.165, 1.54) is 23.3 Å². The predicted octanol–water partition coefficient (Wildman–Crippen LogP) is 7.08. The first-order valence-electron chi connectivity index (χ1n) is 11.6. The number of halogens is 3. The summed E-state index contributed by atoms with van der Waals surface area (Å²) in [6, 6.07) is 19.2. The Balaban J connectivity index is 1.53. The highest BCUT2D eigenvalue weighted by Gasteiger charge is 2.30. The van der Waals surface area contributed by atoms with Crippen molar-refractivity contribution in [3.8, 4) is 5.69 Å². The number of benzene rings is 3. The number of nitrogens with one attached hydrogen (secondary N) is 2. The van der Waals surface area contributed by atoms with E-state index in [4.69, 9.17) is 0 Å². The Kier molecular flexibility index (Phi) is 7.87. The molecule has 1 aromatic heterocycles. The highest BCUT2D eigenvalue weighted by Crippen LogP contribution is 2.30. The van der Waals surface area contributed by atoms with Gasteiger partial charge in [0.15, 0.2) is 11.0 Å². The molecule has 2 N–H and O–H groups in total. The second kappa shape index (κ2) is 11.1. The molecule has 4 aromatic rings. The number of hydrogen-bond acceptors (Lipinski definition) is 4. The standard InChI is InChI=1S/C27H26F3N5OS/c1-17-8-14-23(15-9-17)35-24(33-34-26(35)37-16-20-7-5-4-6-18(20)2)19(3)31-25(36)32-22-12-10-21(11-13-22)27(28,29)30/h4-15,19H,16H2,1-3H3,(H2,31,32,36)/t19-/m0/s1. The van der Waals surface area contributed by atoms with Gasteiger partial charge < -0.3 is 10.6 Å². The van der Waals surface area contributed by atoms with Crippen LogP contribution in [0.1, 0.15) is 41.0 Å². The highest BCUT2D eigenvalue weighted by atomic mass is 32.2. The van der Waals surface area contributed by atoms with Crippen LogP contribution in [0, 0.1) is 13.8 Å². The van der Waals surface area contributed by atoms with E-state index in [1.54, 1.807) is 18.7 Å². The van der Waals surface area contributed by atoms with E-state index in [0.29, 0.717) is 16.7 Å². The van der Waals surface area contributed by atoms with Gasteiger partial charge in [-0.1, -0.05) is 53.7 Å². The van der Waals surface area contributed by atoms with Gasteiger partial charge >= 0.3 is 12.2 Å². The van der Waals surface area contributed by atoms with Crippen molar-refractivity contribution in [2.24, 2.45) is 0 Å². The van der Waals surface area contributed by atoms with Crippen molar-refractivity contribution in [1.29, 1.82) is 0 Å². The van der Waals surface area contributed by atoms with Crippen molar-refractivity contribution in [3.05, 3.63) is 101 Å². The summed E-state index contributed by atoms with van der Waals surface area (Å²) in [5, 5.41) is 14.8. The van der Waals surface area contributed by atoms with E-state index in [0.717, 1.165) is 23.4 Å². The van der Waals surface area contributed by atoms with Gasteiger partial charge in [-0.15, -0.1) is 10.2 Å². The smallest absolute Gasteiger partial charge is 0.328 e. The minimum absolute atomic E-state index is 0.243. The molecular weight excluding hydrogens is 499 g/mol. The molecule has 0 aliphatic carbocycles. The lowest BCUT2D eigenvalue weighted by Crippen LogP contribution is -2.32. The lowest BCUT2D eigenvalue weighted by molar-refractivity contribution is -0.137. The zero-order valence-corrected chi connectivity index (χ0v) is 21.3. The normalized spacial score (nSPS) is 12.3. The summed E-state index contributed by atoms with van der Waals surface area (Å²) in [7, 11) is 0. The summed E-state index contributed by atoms with van der Waals surface area (Å²) in [6.07, 6.45) is -4.44. The maximum atomic E-state index is 12.8. The van der Waals surface area contributed by atoms with E-state index in [1.807, 2.05) is 47.9 Å². The van der Waals surface area contributed by atoms with Crippen LogP contribution in [0.25, 0.3) is 5.69 Å². The van der Waals surface area contributed by atoms with Crippen molar-refractivity contribution < 1.29 is 18.0 Å². The molecule has 37 heavy (non-hydrogen) atoms. The zero-order valence-electron chi connectivity index (χ0n) is 20.5. The predicted molar refractivity (Wildman–Crippen MR) is 139 cm³/mol. The summed E-state index contributed by atoms with van der Waals surface area (Å²) in [5.74, 6) is 1.23. The third kappa shape index (κ3) is 6.51. The summed E-state index contributed by atoms with van der Waals surface area (Å²) < 4.78 is 40.3. The van der Waals surface area contributed by atoms with Crippen LogP contribution in [0.3, 0.4) is 0 Å². The van der Waals surface area contributed by atoms with Gasteiger partial charge in [-0.2, -0.15) is 13.2 Å². The number of hydrogen-bond donors (Lipinski definition) is 2. The van der Waals surface area contributed by atoms with E-state index >= 15 is 0 Å². The molecular formula is C27H26F3N5OS. The number of aromatic nitrogens is 3. The number of urea groups is 1. The van der Waals surface area contributed by atoms with Crippen LogP contribution in [-0.4, -0.2) is 20.8 Å². The lowest BCUT2D eigenvalue weighted by Gasteiger charge is -2.17. The molecule has 3 aromatic carbocycles. The Morgan fingerprint density at radius 2 is 1.65 bits per heavy atom. The number of aryl methyl sites for hydroxylation is 2. The van der Waals surface area contributed by atoms with Crippen molar-refractivity contribution in [2.75, 3.05) is 5.32 Å². The maximum absolute atomic E-state index is 12.8. The van der Waals surface area contributed by atoms with Gasteiger partial charge in [-0.25, -0.2) is 4.79 Å². The van der Waals surface area contributed by atoms with Gasteiger partial charge in [0, 0.05) is 17.1 Å². The molecule has 0 aliphatic rings. The fourth-order valence-corrected chi connectivity index (χ4v) is 4.71. The Morgan fingerprint density at radius 3 is 2.30 bits per heavy atom. The SMILES string of the molecule is Cc1ccc(-n2c(SCc3ccccc3C)nnc2[C@H](C)NC(=O)Nc2ccc(C(F)(F)F)cc2)cc1. The van der Waals surface area contributed by atoms with Gasteiger partial charge in [-0.05, 0) is 68.3 Å². The first kappa shape index (κ1) is 26.3. The minimum Gasteiger partial charge on any atom is -0.328 e. The molecule has 0 fully saturated rings. The number of amides is 2. The molecule has 0 unspecified atom stereocenters. The van der Waals surface area contributed by atoms with Crippen molar-refractivity contribution in [2.45, 2.75) is 43.9 Å². The third-order valence-corrected chi connectivity index (χ3v) is 6.75. The summed E-state index contributed by atoms with van der Waals surface area (Å²) in [4.78, 5) is 12.6. The second-order valence-corrected chi connectivity index (χ2v) is 9.56. The van der Waals surface area contributed by atoms with Gasteiger partial charge in [0.05, 0.1) is 11.6 Å². The summed E-state index contributed by atoms with van der Waals surface area (Å²) in [6.45, 7) is 5.84. The third-order valence-electron chi connectivity index (χ3n) is 5.77. The van der Waals surface area contributed by atoms with Crippen LogP contribution in [0.15, 0.2) is 78.0 Å². The van der Waals surface area contributed by atoms with Crippen LogP contribution in [-0.2, 0) is 11.9 Å². The Bertz CT molecular complexity index is 1370. The number of carbonyl (C=O) groups is 1. The molecule has 1 atom stereocenters. The van der Waals surface area contributed by atoms with Crippen molar-refractivity contribution in [1.82, 2.24) is 20.1 Å². The van der Waals surface area contributed by atoms with Gasteiger partial charge in [-0.3, -0.25) is 4.57 Å². The molecule has 1 heterocycles. The van der Waals surface area contributed by atoms with Crippen LogP contribution < -0.4 is 10.6 Å². The largest absolute Gasteiger partial charge is 0.416 e. The minimum atomic E-state index is -4.44. The molecule has 10 heteroatoms. The first-order chi connectivity index (χ1) is 17.6. The van der Waals surface area contributed by atoms with E-state index in [9.17, 15) is 18.0 Å². The Hall–Kier alpha value is -3.79. The van der Waals surface area contributed by atoms with Gasteiger partial charge in [0.2, 0.25) is 0 Å². The number of rotatable bonds is 7.